The molecule has 2 N–H and O–H groups in total. The Bertz CT molecular complexity index is 56.9. The van der Waals surface area contributed by atoms with Gasteiger partial charge < -0.3 is 10.5 Å². The molecule has 2 nitrogen and oxygen atoms in total. The summed E-state index contributed by atoms with van der Waals surface area (Å²) in [6.07, 6.45) is 2.22. The van der Waals surface area contributed by atoms with Crippen LogP contribution in [0.3, 0.4) is 0 Å². The fraction of sp³-hybridized carbons (Fsp3) is 1.00. The van der Waals surface area contributed by atoms with E-state index in [4.69, 9.17) is 10.5 Å². The molecule has 0 fully saturated rings. The summed E-state index contributed by atoms with van der Waals surface area (Å²) in [5.41, 5.74) is 5.65. The molecule has 0 heterocycles. The molecule has 0 spiro atoms. The van der Waals surface area contributed by atoms with Gasteiger partial charge in [0.25, 0.3) is 0 Å². The molecule has 0 rings (SSSR count). The van der Waals surface area contributed by atoms with E-state index in [1.54, 1.807) is 0 Å². The second kappa shape index (κ2) is 6.05. The predicted octanol–water partition coefficient (Wildman–Crippen LogP) is 1.15. The van der Waals surface area contributed by atoms with E-state index in [1.165, 1.54) is 0 Å². The molecule has 56 valence electrons. The highest BCUT2D eigenvalue weighted by Gasteiger charge is 1.97. The SMILES string of the molecule is CCCC(N)COCC. The summed E-state index contributed by atoms with van der Waals surface area (Å²) in [7, 11) is 0. The van der Waals surface area contributed by atoms with Gasteiger partial charge >= 0.3 is 0 Å². The van der Waals surface area contributed by atoms with Crippen LogP contribution >= 0.6 is 0 Å². The Morgan fingerprint density at radius 1 is 1.44 bits per heavy atom. The van der Waals surface area contributed by atoms with Crippen LogP contribution in [-0.2, 0) is 4.74 Å². The Balaban J connectivity index is 2.95. The minimum Gasteiger partial charge on any atom is -0.380 e. The van der Waals surface area contributed by atoms with Crippen molar-refractivity contribution in [1.29, 1.82) is 0 Å². The van der Waals surface area contributed by atoms with Crippen LogP contribution in [0.2, 0.25) is 0 Å². The average Bonchev–Trinajstić information content (AvgIpc) is 1.85. The van der Waals surface area contributed by atoms with E-state index in [0.29, 0.717) is 6.61 Å². The standard InChI is InChI=1S/C7H17NO/c1-3-5-7(8)6-9-4-2/h7H,3-6,8H2,1-2H3. The van der Waals surface area contributed by atoms with Gasteiger partial charge in [-0.15, -0.1) is 0 Å². The zero-order chi connectivity index (χ0) is 7.11. The molecule has 2 heteroatoms. The van der Waals surface area contributed by atoms with Crippen molar-refractivity contribution >= 4 is 0 Å². The largest absolute Gasteiger partial charge is 0.380 e. The zero-order valence-corrected chi connectivity index (χ0v) is 6.39. The lowest BCUT2D eigenvalue weighted by atomic mass is 10.2. The number of nitrogens with two attached hydrogens (primary N) is 1. The van der Waals surface area contributed by atoms with Crippen molar-refractivity contribution in [3.8, 4) is 0 Å². The monoisotopic (exact) mass is 131 g/mol. The van der Waals surface area contributed by atoms with E-state index < -0.39 is 0 Å². The first-order valence-electron chi connectivity index (χ1n) is 3.64. The first kappa shape index (κ1) is 8.92. The first-order chi connectivity index (χ1) is 4.31. The number of hydrogen-bond donors (Lipinski definition) is 1. The van der Waals surface area contributed by atoms with Crippen molar-refractivity contribution in [1.82, 2.24) is 0 Å². The summed E-state index contributed by atoms with van der Waals surface area (Å²) in [5, 5.41) is 0. The van der Waals surface area contributed by atoms with Crippen LogP contribution < -0.4 is 5.73 Å². The van der Waals surface area contributed by atoms with Crippen LogP contribution in [0.4, 0.5) is 0 Å². The molecule has 1 unspecified atom stereocenters. The second-order valence-electron chi connectivity index (χ2n) is 2.21. The van der Waals surface area contributed by atoms with Crippen molar-refractivity contribution in [3.05, 3.63) is 0 Å². The zero-order valence-electron chi connectivity index (χ0n) is 6.39. The Morgan fingerprint density at radius 2 is 2.11 bits per heavy atom. The molecule has 0 radical (unpaired) electrons. The Hall–Kier alpha value is -0.0800. The summed E-state index contributed by atoms with van der Waals surface area (Å²) >= 11 is 0. The molecule has 0 aromatic heterocycles. The van der Waals surface area contributed by atoms with E-state index in [0.717, 1.165) is 19.4 Å². The van der Waals surface area contributed by atoms with Crippen molar-refractivity contribution < 1.29 is 4.74 Å². The Morgan fingerprint density at radius 3 is 2.56 bits per heavy atom. The highest BCUT2D eigenvalue weighted by atomic mass is 16.5. The van der Waals surface area contributed by atoms with Gasteiger partial charge in [-0.1, -0.05) is 13.3 Å². The maximum Gasteiger partial charge on any atom is 0.0617 e. The Kier molecular flexibility index (Phi) is 5.99. The van der Waals surface area contributed by atoms with Gasteiger partial charge in [0.2, 0.25) is 0 Å². The fourth-order valence-electron chi connectivity index (χ4n) is 0.723. The Labute approximate surface area is 57.4 Å². The van der Waals surface area contributed by atoms with Gasteiger partial charge in [0.15, 0.2) is 0 Å². The molecule has 0 aliphatic heterocycles. The molecule has 0 saturated carbocycles. The van der Waals surface area contributed by atoms with Crippen molar-refractivity contribution in [2.45, 2.75) is 32.7 Å². The smallest absolute Gasteiger partial charge is 0.0617 e. The van der Waals surface area contributed by atoms with Gasteiger partial charge in [-0.3, -0.25) is 0 Å². The number of rotatable bonds is 5. The third-order valence-electron chi connectivity index (χ3n) is 1.20. The van der Waals surface area contributed by atoms with Crippen LogP contribution in [0.1, 0.15) is 26.7 Å². The van der Waals surface area contributed by atoms with Crippen LogP contribution in [-0.4, -0.2) is 19.3 Å². The van der Waals surface area contributed by atoms with E-state index in [2.05, 4.69) is 6.92 Å². The van der Waals surface area contributed by atoms with Crippen molar-refractivity contribution in [3.63, 3.8) is 0 Å². The maximum atomic E-state index is 5.65. The summed E-state index contributed by atoms with van der Waals surface area (Å²) < 4.78 is 5.12. The molecular formula is C7H17NO. The van der Waals surface area contributed by atoms with Gasteiger partial charge in [0.05, 0.1) is 6.61 Å². The van der Waals surface area contributed by atoms with Crippen molar-refractivity contribution in [2.24, 2.45) is 5.73 Å². The summed E-state index contributed by atoms with van der Waals surface area (Å²) in [6, 6.07) is 0.245. The fourth-order valence-corrected chi connectivity index (χ4v) is 0.723. The van der Waals surface area contributed by atoms with E-state index in [1.807, 2.05) is 6.92 Å². The van der Waals surface area contributed by atoms with E-state index in [-0.39, 0.29) is 6.04 Å². The minimum atomic E-state index is 0.245. The molecule has 9 heavy (non-hydrogen) atoms. The lowest BCUT2D eigenvalue weighted by Gasteiger charge is -2.08. The van der Waals surface area contributed by atoms with Crippen LogP contribution in [0.15, 0.2) is 0 Å². The summed E-state index contributed by atoms with van der Waals surface area (Å²) in [4.78, 5) is 0. The molecule has 0 aromatic rings. The molecule has 0 saturated heterocycles. The first-order valence-corrected chi connectivity index (χ1v) is 3.64. The summed E-state index contributed by atoms with van der Waals surface area (Å²) in [5.74, 6) is 0. The van der Waals surface area contributed by atoms with Crippen LogP contribution in [0.25, 0.3) is 0 Å². The molecule has 0 aromatic carbocycles. The average molecular weight is 131 g/mol. The van der Waals surface area contributed by atoms with E-state index in [9.17, 15) is 0 Å². The molecule has 0 aliphatic rings. The highest BCUT2D eigenvalue weighted by Crippen LogP contribution is 1.92. The third kappa shape index (κ3) is 5.80. The molecule has 0 aliphatic carbocycles. The highest BCUT2D eigenvalue weighted by molar-refractivity contribution is 4.57. The van der Waals surface area contributed by atoms with Gasteiger partial charge in [0, 0.05) is 12.6 Å². The predicted molar refractivity (Wildman–Crippen MR) is 39.4 cm³/mol. The molecular weight excluding hydrogens is 114 g/mol. The van der Waals surface area contributed by atoms with Crippen LogP contribution in [0, 0.1) is 0 Å². The number of ether oxygens (including phenoxy) is 1. The van der Waals surface area contributed by atoms with Gasteiger partial charge in [-0.2, -0.15) is 0 Å². The normalized spacial score (nSPS) is 13.7. The maximum absolute atomic E-state index is 5.65. The lowest BCUT2D eigenvalue weighted by molar-refractivity contribution is 0.130. The molecule has 1 atom stereocenters. The minimum absolute atomic E-state index is 0.245. The van der Waals surface area contributed by atoms with Gasteiger partial charge in [-0.05, 0) is 13.3 Å². The van der Waals surface area contributed by atoms with Gasteiger partial charge in [0.1, 0.15) is 0 Å². The molecule has 0 amide bonds. The molecule has 0 bridgehead atoms. The van der Waals surface area contributed by atoms with E-state index >= 15 is 0 Å². The topological polar surface area (TPSA) is 35.2 Å². The van der Waals surface area contributed by atoms with Gasteiger partial charge in [-0.25, -0.2) is 0 Å². The lowest BCUT2D eigenvalue weighted by Crippen LogP contribution is -2.25. The number of hydrogen-bond acceptors (Lipinski definition) is 2. The van der Waals surface area contributed by atoms with Crippen LogP contribution in [0.5, 0.6) is 0 Å². The van der Waals surface area contributed by atoms with Crippen molar-refractivity contribution in [2.75, 3.05) is 13.2 Å². The summed E-state index contributed by atoms with van der Waals surface area (Å²) in [6.45, 7) is 5.60. The third-order valence-corrected chi connectivity index (χ3v) is 1.20. The second-order valence-corrected chi connectivity index (χ2v) is 2.21. The quantitative estimate of drug-likeness (QED) is 0.607.